The van der Waals surface area contributed by atoms with Gasteiger partial charge in [-0.25, -0.2) is 4.98 Å². The molecule has 20 heavy (non-hydrogen) atoms. The summed E-state index contributed by atoms with van der Waals surface area (Å²) >= 11 is 13.0. The molecule has 0 saturated heterocycles. The molecule has 0 aromatic carbocycles. The van der Waals surface area contributed by atoms with Crippen molar-refractivity contribution in [1.29, 1.82) is 0 Å². The van der Waals surface area contributed by atoms with Crippen molar-refractivity contribution in [2.45, 2.75) is 17.3 Å². The SMILES string of the molecule is CC(Sc1nncn1C)C(=O)Nc1ncc(Cl)cc1Cl. The van der Waals surface area contributed by atoms with Crippen molar-refractivity contribution in [1.82, 2.24) is 19.7 Å². The van der Waals surface area contributed by atoms with Crippen LogP contribution >= 0.6 is 35.0 Å². The first-order valence-electron chi connectivity index (χ1n) is 5.60. The molecule has 1 unspecified atom stereocenters. The average Bonchev–Trinajstić information content (AvgIpc) is 2.78. The number of rotatable bonds is 4. The van der Waals surface area contributed by atoms with Crippen molar-refractivity contribution < 1.29 is 4.79 Å². The Kier molecular flexibility index (Phi) is 4.85. The van der Waals surface area contributed by atoms with E-state index in [0.29, 0.717) is 15.2 Å². The Balaban J connectivity index is 2.02. The van der Waals surface area contributed by atoms with E-state index in [1.165, 1.54) is 24.0 Å². The molecule has 0 bridgehead atoms. The number of carbonyl (C=O) groups is 1. The zero-order valence-corrected chi connectivity index (χ0v) is 13.0. The number of thioether (sulfide) groups is 1. The summed E-state index contributed by atoms with van der Waals surface area (Å²) in [5, 5.41) is 11.3. The molecule has 0 fully saturated rings. The molecule has 106 valence electrons. The van der Waals surface area contributed by atoms with Crippen LogP contribution in [0.4, 0.5) is 5.82 Å². The first-order valence-corrected chi connectivity index (χ1v) is 7.23. The number of halogens is 2. The number of anilines is 1. The van der Waals surface area contributed by atoms with Crippen LogP contribution in [-0.2, 0) is 11.8 Å². The lowest BCUT2D eigenvalue weighted by Crippen LogP contribution is -2.23. The summed E-state index contributed by atoms with van der Waals surface area (Å²) in [6, 6.07) is 1.52. The molecule has 0 radical (unpaired) electrons. The number of hydrogen-bond donors (Lipinski definition) is 1. The van der Waals surface area contributed by atoms with Crippen molar-refractivity contribution in [3.05, 3.63) is 28.6 Å². The highest BCUT2D eigenvalue weighted by atomic mass is 35.5. The molecule has 0 saturated carbocycles. The molecule has 0 spiro atoms. The molecule has 0 aliphatic carbocycles. The minimum atomic E-state index is -0.369. The van der Waals surface area contributed by atoms with Crippen molar-refractivity contribution in [3.63, 3.8) is 0 Å². The Morgan fingerprint density at radius 2 is 2.25 bits per heavy atom. The quantitative estimate of drug-likeness (QED) is 0.872. The molecule has 1 amide bonds. The summed E-state index contributed by atoms with van der Waals surface area (Å²) < 4.78 is 1.74. The maximum Gasteiger partial charge on any atom is 0.238 e. The number of aromatic nitrogens is 4. The van der Waals surface area contributed by atoms with Crippen LogP contribution in [0.3, 0.4) is 0 Å². The molecule has 2 heterocycles. The molecule has 1 atom stereocenters. The van der Waals surface area contributed by atoms with Gasteiger partial charge in [-0.05, 0) is 13.0 Å². The van der Waals surface area contributed by atoms with E-state index >= 15 is 0 Å². The van der Waals surface area contributed by atoms with Gasteiger partial charge in [-0.3, -0.25) is 4.79 Å². The van der Waals surface area contributed by atoms with E-state index in [1.54, 1.807) is 17.8 Å². The topological polar surface area (TPSA) is 72.7 Å². The van der Waals surface area contributed by atoms with Gasteiger partial charge in [0, 0.05) is 13.2 Å². The van der Waals surface area contributed by atoms with Crippen LogP contribution in [0.15, 0.2) is 23.7 Å². The second-order valence-corrected chi connectivity index (χ2v) is 6.11. The van der Waals surface area contributed by atoms with Crippen LogP contribution in [-0.4, -0.2) is 30.9 Å². The highest BCUT2D eigenvalue weighted by Gasteiger charge is 2.18. The summed E-state index contributed by atoms with van der Waals surface area (Å²) in [5.41, 5.74) is 0. The van der Waals surface area contributed by atoms with E-state index in [-0.39, 0.29) is 17.0 Å². The van der Waals surface area contributed by atoms with Crippen molar-refractivity contribution in [2.75, 3.05) is 5.32 Å². The number of nitrogens with one attached hydrogen (secondary N) is 1. The maximum absolute atomic E-state index is 12.1. The van der Waals surface area contributed by atoms with Crippen LogP contribution in [0.25, 0.3) is 0 Å². The lowest BCUT2D eigenvalue weighted by Gasteiger charge is -2.11. The second kappa shape index (κ2) is 6.43. The van der Waals surface area contributed by atoms with Crippen LogP contribution in [0, 0.1) is 0 Å². The Bertz CT molecular complexity index is 633. The fourth-order valence-electron chi connectivity index (χ4n) is 1.32. The first-order chi connectivity index (χ1) is 9.47. The van der Waals surface area contributed by atoms with Gasteiger partial charge in [0.05, 0.1) is 15.3 Å². The average molecular weight is 332 g/mol. The molecule has 0 aliphatic heterocycles. The van der Waals surface area contributed by atoms with Gasteiger partial charge in [-0.15, -0.1) is 10.2 Å². The molecular weight excluding hydrogens is 321 g/mol. The summed E-state index contributed by atoms with van der Waals surface area (Å²) in [6.07, 6.45) is 2.99. The van der Waals surface area contributed by atoms with Crippen molar-refractivity contribution in [3.8, 4) is 0 Å². The minimum absolute atomic E-state index is 0.227. The number of nitrogens with zero attached hydrogens (tertiary/aromatic N) is 4. The molecule has 2 aromatic rings. The molecule has 0 aliphatic rings. The van der Waals surface area contributed by atoms with E-state index in [0.717, 1.165) is 0 Å². The van der Waals surface area contributed by atoms with Crippen LogP contribution in [0.1, 0.15) is 6.92 Å². The third-order valence-corrected chi connectivity index (χ3v) is 4.01. The van der Waals surface area contributed by atoms with Gasteiger partial charge < -0.3 is 9.88 Å². The zero-order valence-electron chi connectivity index (χ0n) is 10.7. The lowest BCUT2D eigenvalue weighted by molar-refractivity contribution is -0.115. The minimum Gasteiger partial charge on any atom is -0.312 e. The molecule has 2 rings (SSSR count). The Labute approximate surface area is 129 Å². The molecule has 9 heteroatoms. The third-order valence-electron chi connectivity index (χ3n) is 2.37. The van der Waals surface area contributed by atoms with E-state index in [9.17, 15) is 4.79 Å². The van der Waals surface area contributed by atoms with Crippen molar-refractivity contribution in [2.24, 2.45) is 7.05 Å². The smallest absolute Gasteiger partial charge is 0.238 e. The predicted molar refractivity (Wildman–Crippen MR) is 79.2 cm³/mol. The van der Waals surface area contributed by atoms with Crippen LogP contribution in [0.5, 0.6) is 0 Å². The number of aryl methyl sites for hydroxylation is 1. The van der Waals surface area contributed by atoms with Gasteiger partial charge in [0.25, 0.3) is 0 Å². The van der Waals surface area contributed by atoms with Crippen LogP contribution in [0.2, 0.25) is 10.0 Å². The zero-order chi connectivity index (χ0) is 14.7. The summed E-state index contributed by atoms with van der Waals surface area (Å²) in [4.78, 5) is 16.0. The normalized spacial score (nSPS) is 12.2. The van der Waals surface area contributed by atoms with Gasteiger partial charge >= 0.3 is 0 Å². The van der Waals surface area contributed by atoms with E-state index in [2.05, 4.69) is 20.5 Å². The number of amides is 1. The summed E-state index contributed by atoms with van der Waals surface area (Å²) in [6.45, 7) is 1.76. The van der Waals surface area contributed by atoms with Crippen LogP contribution < -0.4 is 5.32 Å². The van der Waals surface area contributed by atoms with E-state index in [1.807, 2.05) is 7.05 Å². The second-order valence-electron chi connectivity index (χ2n) is 3.96. The molecule has 1 N–H and O–H groups in total. The number of carbonyl (C=O) groups excluding carboxylic acids is 1. The molecule has 6 nitrogen and oxygen atoms in total. The first kappa shape index (κ1) is 15.1. The Morgan fingerprint density at radius 3 is 2.85 bits per heavy atom. The molecular formula is C11H11Cl2N5OS. The predicted octanol–water partition coefficient (Wildman–Crippen LogP) is 2.64. The lowest BCUT2D eigenvalue weighted by atomic mass is 10.4. The number of pyridine rings is 1. The summed E-state index contributed by atoms with van der Waals surface area (Å²) in [7, 11) is 1.81. The van der Waals surface area contributed by atoms with E-state index in [4.69, 9.17) is 23.2 Å². The van der Waals surface area contributed by atoms with E-state index < -0.39 is 0 Å². The van der Waals surface area contributed by atoms with Gasteiger partial charge in [-0.2, -0.15) is 0 Å². The molecule has 2 aromatic heterocycles. The number of hydrogen-bond acceptors (Lipinski definition) is 5. The van der Waals surface area contributed by atoms with Gasteiger partial charge in [0.2, 0.25) is 5.91 Å². The largest absolute Gasteiger partial charge is 0.312 e. The Morgan fingerprint density at radius 1 is 1.50 bits per heavy atom. The van der Waals surface area contributed by atoms with Gasteiger partial charge in [0.1, 0.15) is 6.33 Å². The van der Waals surface area contributed by atoms with Crippen molar-refractivity contribution >= 4 is 46.7 Å². The fraction of sp³-hybridized carbons (Fsp3) is 0.273. The Hall–Kier alpha value is -1.31. The standard InChI is InChI=1S/C11H11Cl2N5OS/c1-6(20-11-17-15-5-18(11)2)10(19)16-9-8(13)3-7(12)4-14-9/h3-6H,1-2H3,(H,14,16,19). The highest BCUT2D eigenvalue weighted by molar-refractivity contribution is 8.00. The van der Waals surface area contributed by atoms with Gasteiger partial charge in [-0.1, -0.05) is 35.0 Å². The highest BCUT2D eigenvalue weighted by Crippen LogP contribution is 2.25. The fourth-order valence-corrected chi connectivity index (χ4v) is 2.53. The maximum atomic E-state index is 12.1. The summed E-state index contributed by atoms with van der Waals surface area (Å²) in [5.74, 6) is 0.0567. The monoisotopic (exact) mass is 331 g/mol. The third kappa shape index (κ3) is 3.62. The van der Waals surface area contributed by atoms with Gasteiger partial charge in [0.15, 0.2) is 11.0 Å².